The zero-order valence-electron chi connectivity index (χ0n) is 9.91. The number of hydrogen-bond acceptors (Lipinski definition) is 3. The van der Waals surface area contributed by atoms with E-state index in [1.54, 1.807) is 6.20 Å². The van der Waals surface area contributed by atoms with Crippen LogP contribution in [-0.2, 0) is 0 Å². The number of piperidine rings is 1. The highest BCUT2D eigenvalue weighted by Crippen LogP contribution is 2.18. The van der Waals surface area contributed by atoms with Crippen LogP contribution in [0.1, 0.15) is 24.8 Å². The molecule has 0 saturated carbocycles. The zero-order valence-corrected chi connectivity index (χ0v) is 9.91. The van der Waals surface area contributed by atoms with E-state index in [-0.39, 0.29) is 0 Å². The quantitative estimate of drug-likeness (QED) is 0.844. The van der Waals surface area contributed by atoms with E-state index in [1.807, 2.05) is 19.2 Å². The first kappa shape index (κ1) is 11.4. The van der Waals surface area contributed by atoms with Crippen molar-refractivity contribution in [3.8, 4) is 5.75 Å². The van der Waals surface area contributed by atoms with Gasteiger partial charge in [0.2, 0.25) is 0 Å². The van der Waals surface area contributed by atoms with E-state index in [9.17, 15) is 0 Å². The van der Waals surface area contributed by atoms with E-state index in [0.29, 0.717) is 0 Å². The zero-order chi connectivity index (χ0) is 11.2. The molecule has 1 aromatic heterocycles. The van der Waals surface area contributed by atoms with Gasteiger partial charge in [-0.05, 0) is 51.3 Å². The Morgan fingerprint density at radius 2 is 2.50 bits per heavy atom. The summed E-state index contributed by atoms with van der Waals surface area (Å²) < 4.78 is 5.77. The number of nitrogens with one attached hydrogen (secondary N) is 1. The summed E-state index contributed by atoms with van der Waals surface area (Å²) >= 11 is 0. The highest BCUT2D eigenvalue weighted by Gasteiger charge is 2.12. The van der Waals surface area contributed by atoms with Gasteiger partial charge >= 0.3 is 0 Å². The predicted molar refractivity (Wildman–Crippen MR) is 64.7 cm³/mol. The Labute approximate surface area is 97.2 Å². The van der Waals surface area contributed by atoms with Crippen LogP contribution in [0.4, 0.5) is 0 Å². The van der Waals surface area contributed by atoms with E-state index in [1.165, 1.54) is 19.4 Å². The van der Waals surface area contributed by atoms with Crippen LogP contribution >= 0.6 is 0 Å². The maximum absolute atomic E-state index is 5.77. The Bertz CT molecular complexity index is 321. The molecule has 0 aliphatic carbocycles. The molecule has 1 atom stereocenters. The van der Waals surface area contributed by atoms with Gasteiger partial charge in [0.05, 0.1) is 6.61 Å². The third kappa shape index (κ3) is 3.20. The van der Waals surface area contributed by atoms with Gasteiger partial charge in [-0.15, -0.1) is 0 Å². The lowest BCUT2D eigenvalue weighted by molar-refractivity contribution is 0.253. The molecule has 3 heteroatoms. The molecule has 2 heterocycles. The van der Waals surface area contributed by atoms with Crippen molar-refractivity contribution in [2.75, 3.05) is 19.7 Å². The van der Waals surface area contributed by atoms with Crippen molar-refractivity contribution < 1.29 is 4.74 Å². The molecule has 16 heavy (non-hydrogen) atoms. The Balaban J connectivity index is 1.73. The molecule has 1 aliphatic heterocycles. The molecule has 1 unspecified atom stereocenters. The molecule has 2 rings (SSSR count). The number of hydrogen-bond donors (Lipinski definition) is 1. The van der Waals surface area contributed by atoms with Crippen LogP contribution in [0.25, 0.3) is 0 Å². The van der Waals surface area contributed by atoms with Gasteiger partial charge in [-0.25, -0.2) is 0 Å². The van der Waals surface area contributed by atoms with Crippen molar-refractivity contribution in [1.82, 2.24) is 10.3 Å². The van der Waals surface area contributed by atoms with Crippen molar-refractivity contribution in [2.24, 2.45) is 5.92 Å². The van der Waals surface area contributed by atoms with Gasteiger partial charge in [0.15, 0.2) is 0 Å². The van der Waals surface area contributed by atoms with Crippen LogP contribution in [0.3, 0.4) is 0 Å². The summed E-state index contributed by atoms with van der Waals surface area (Å²) in [6.07, 6.45) is 7.42. The standard InChI is InChI=1S/C13H20N2O/c1-11-9-15-7-4-13(11)16-8-5-12-3-2-6-14-10-12/h4,7,9,12,14H,2-3,5-6,8,10H2,1H3. The summed E-state index contributed by atoms with van der Waals surface area (Å²) in [4.78, 5) is 4.05. The Morgan fingerprint density at radius 3 is 3.25 bits per heavy atom. The van der Waals surface area contributed by atoms with Crippen molar-refractivity contribution in [1.29, 1.82) is 0 Å². The molecule has 0 spiro atoms. The molecule has 1 N–H and O–H groups in total. The summed E-state index contributed by atoms with van der Waals surface area (Å²) in [5.74, 6) is 1.76. The predicted octanol–water partition coefficient (Wildman–Crippen LogP) is 2.16. The maximum atomic E-state index is 5.77. The van der Waals surface area contributed by atoms with Crippen LogP contribution < -0.4 is 10.1 Å². The number of nitrogens with zero attached hydrogens (tertiary/aromatic N) is 1. The molecule has 0 bridgehead atoms. The minimum Gasteiger partial charge on any atom is -0.493 e. The highest BCUT2D eigenvalue weighted by molar-refractivity contribution is 5.28. The molecule has 1 aromatic rings. The summed E-state index contributed by atoms with van der Waals surface area (Å²) in [5, 5.41) is 3.43. The first-order chi connectivity index (χ1) is 7.86. The molecule has 88 valence electrons. The van der Waals surface area contributed by atoms with Gasteiger partial charge in [-0.3, -0.25) is 4.98 Å². The average Bonchev–Trinajstić information content (AvgIpc) is 2.33. The molecular weight excluding hydrogens is 200 g/mol. The van der Waals surface area contributed by atoms with Gasteiger partial charge in [0, 0.05) is 18.0 Å². The highest BCUT2D eigenvalue weighted by atomic mass is 16.5. The van der Waals surface area contributed by atoms with E-state index in [4.69, 9.17) is 4.74 Å². The van der Waals surface area contributed by atoms with Crippen molar-refractivity contribution in [3.05, 3.63) is 24.0 Å². The Kier molecular flexibility index (Phi) is 4.17. The Morgan fingerprint density at radius 1 is 1.56 bits per heavy atom. The second kappa shape index (κ2) is 5.85. The molecule has 0 aromatic carbocycles. The Hall–Kier alpha value is -1.09. The van der Waals surface area contributed by atoms with Crippen LogP contribution in [-0.4, -0.2) is 24.7 Å². The van der Waals surface area contributed by atoms with Gasteiger partial charge in [0.25, 0.3) is 0 Å². The second-order valence-electron chi connectivity index (χ2n) is 4.49. The second-order valence-corrected chi connectivity index (χ2v) is 4.49. The van der Waals surface area contributed by atoms with Gasteiger partial charge in [-0.1, -0.05) is 0 Å². The molecule has 0 radical (unpaired) electrons. The number of pyridine rings is 1. The first-order valence-corrected chi connectivity index (χ1v) is 6.10. The van der Waals surface area contributed by atoms with E-state index in [2.05, 4.69) is 10.3 Å². The van der Waals surface area contributed by atoms with Crippen molar-refractivity contribution in [3.63, 3.8) is 0 Å². The third-order valence-electron chi connectivity index (χ3n) is 3.15. The molecule has 1 aliphatic rings. The maximum Gasteiger partial charge on any atom is 0.125 e. The lowest BCUT2D eigenvalue weighted by Crippen LogP contribution is -2.30. The molecule has 0 amide bonds. The lowest BCUT2D eigenvalue weighted by Gasteiger charge is -2.22. The van der Waals surface area contributed by atoms with Crippen LogP contribution in [0.5, 0.6) is 5.75 Å². The van der Waals surface area contributed by atoms with Gasteiger partial charge < -0.3 is 10.1 Å². The number of ether oxygens (including phenoxy) is 1. The average molecular weight is 220 g/mol. The number of aryl methyl sites for hydroxylation is 1. The number of rotatable bonds is 4. The lowest BCUT2D eigenvalue weighted by atomic mass is 9.97. The molecule has 1 fully saturated rings. The summed E-state index contributed by atoms with van der Waals surface area (Å²) in [6, 6.07) is 1.94. The van der Waals surface area contributed by atoms with Crippen LogP contribution in [0, 0.1) is 12.8 Å². The minimum absolute atomic E-state index is 0.788. The van der Waals surface area contributed by atoms with Crippen molar-refractivity contribution in [2.45, 2.75) is 26.2 Å². The van der Waals surface area contributed by atoms with E-state index in [0.717, 1.165) is 36.8 Å². The summed E-state index contributed by atoms with van der Waals surface area (Å²) in [6.45, 7) is 5.18. The fourth-order valence-electron chi connectivity index (χ4n) is 2.13. The first-order valence-electron chi connectivity index (χ1n) is 6.10. The summed E-state index contributed by atoms with van der Waals surface area (Å²) in [5.41, 5.74) is 1.12. The SMILES string of the molecule is Cc1cnccc1OCCC1CCCNC1. The number of aromatic nitrogens is 1. The van der Waals surface area contributed by atoms with Crippen LogP contribution in [0.15, 0.2) is 18.5 Å². The molecule has 3 nitrogen and oxygen atoms in total. The summed E-state index contributed by atoms with van der Waals surface area (Å²) in [7, 11) is 0. The molecular formula is C13H20N2O. The smallest absolute Gasteiger partial charge is 0.125 e. The topological polar surface area (TPSA) is 34.1 Å². The van der Waals surface area contributed by atoms with Crippen LogP contribution in [0.2, 0.25) is 0 Å². The van der Waals surface area contributed by atoms with E-state index >= 15 is 0 Å². The fraction of sp³-hybridized carbons (Fsp3) is 0.615. The molecule has 1 saturated heterocycles. The largest absolute Gasteiger partial charge is 0.493 e. The third-order valence-corrected chi connectivity index (χ3v) is 3.15. The normalized spacial score (nSPS) is 20.7. The monoisotopic (exact) mass is 220 g/mol. The fourth-order valence-corrected chi connectivity index (χ4v) is 2.13. The minimum atomic E-state index is 0.788. The van der Waals surface area contributed by atoms with Gasteiger partial charge in [-0.2, -0.15) is 0 Å². The van der Waals surface area contributed by atoms with Crippen molar-refractivity contribution >= 4 is 0 Å². The van der Waals surface area contributed by atoms with E-state index < -0.39 is 0 Å². The van der Waals surface area contributed by atoms with Gasteiger partial charge in [0.1, 0.15) is 5.75 Å².